The van der Waals surface area contributed by atoms with Gasteiger partial charge >= 0.3 is 5.97 Å². The summed E-state index contributed by atoms with van der Waals surface area (Å²) in [6.45, 7) is 3.55. The Balaban J connectivity index is 5.20. The molecule has 31 heavy (non-hydrogen) atoms. The number of carbonyl (C=O) groups excluding carboxylic acids is 4. The molecular formula is C19H36N6O6. The molecule has 12 heteroatoms. The van der Waals surface area contributed by atoms with Gasteiger partial charge in [0.2, 0.25) is 23.6 Å². The van der Waals surface area contributed by atoms with Crippen molar-refractivity contribution >= 4 is 29.6 Å². The first-order valence-electron chi connectivity index (χ1n) is 10.3. The zero-order chi connectivity index (χ0) is 24.0. The Morgan fingerprint density at radius 1 is 0.903 bits per heavy atom. The molecular weight excluding hydrogens is 408 g/mol. The monoisotopic (exact) mass is 444 g/mol. The maximum atomic E-state index is 12.8. The van der Waals surface area contributed by atoms with Crippen molar-refractivity contribution in [3.05, 3.63) is 0 Å². The van der Waals surface area contributed by atoms with Gasteiger partial charge in [0.25, 0.3) is 0 Å². The Morgan fingerprint density at radius 2 is 1.52 bits per heavy atom. The van der Waals surface area contributed by atoms with Crippen LogP contribution in [0.2, 0.25) is 0 Å². The summed E-state index contributed by atoms with van der Waals surface area (Å²) in [5.74, 6) is -3.61. The van der Waals surface area contributed by atoms with Crippen molar-refractivity contribution in [3.63, 3.8) is 0 Å². The maximum Gasteiger partial charge on any atom is 0.322 e. The molecule has 0 heterocycles. The maximum absolute atomic E-state index is 12.8. The molecule has 0 spiro atoms. The van der Waals surface area contributed by atoms with Crippen LogP contribution < -0.4 is 33.2 Å². The SMILES string of the molecule is CC(C)CC(NC(=O)C(N)CCC(N)=O)C(=O)NC(CCCCN)C(=O)NCC(=O)O. The quantitative estimate of drug-likeness (QED) is 0.131. The summed E-state index contributed by atoms with van der Waals surface area (Å²) in [4.78, 5) is 59.1. The zero-order valence-corrected chi connectivity index (χ0v) is 18.2. The second-order valence-corrected chi connectivity index (χ2v) is 7.76. The number of hydrogen-bond acceptors (Lipinski definition) is 7. The van der Waals surface area contributed by atoms with Crippen molar-refractivity contribution in [1.82, 2.24) is 16.0 Å². The summed E-state index contributed by atoms with van der Waals surface area (Å²) in [6, 6.07) is -2.96. The van der Waals surface area contributed by atoms with Gasteiger partial charge in [0.05, 0.1) is 6.04 Å². The average molecular weight is 445 g/mol. The van der Waals surface area contributed by atoms with Crippen LogP contribution in [-0.4, -0.2) is 65.9 Å². The summed E-state index contributed by atoms with van der Waals surface area (Å²) < 4.78 is 0. The van der Waals surface area contributed by atoms with E-state index in [2.05, 4.69) is 16.0 Å². The van der Waals surface area contributed by atoms with Crippen LogP contribution in [0.15, 0.2) is 0 Å². The number of nitrogens with one attached hydrogen (secondary N) is 3. The van der Waals surface area contributed by atoms with E-state index in [1.165, 1.54) is 0 Å². The van der Waals surface area contributed by atoms with Crippen LogP contribution in [0.3, 0.4) is 0 Å². The summed E-state index contributed by atoms with van der Waals surface area (Å²) >= 11 is 0. The van der Waals surface area contributed by atoms with E-state index in [1.807, 2.05) is 13.8 Å². The molecule has 0 radical (unpaired) electrons. The predicted octanol–water partition coefficient (Wildman–Crippen LogP) is -2.08. The summed E-state index contributed by atoms with van der Waals surface area (Å²) in [5, 5.41) is 16.1. The molecule has 0 bridgehead atoms. The smallest absolute Gasteiger partial charge is 0.322 e. The Kier molecular flexibility index (Phi) is 13.8. The average Bonchev–Trinajstić information content (AvgIpc) is 2.68. The van der Waals surface area contributed by atoms with Gasteiger partial charge in [-0.25, -0.2) is 0 Å². The molecule has 0 aliphatic rings. The molecule has 0 saturated carbocycles. The molecule has 0 saturated heterocycles. The van der Waals surface area contributed by atoms with Crippen molar-refractivity contribution in [3.8, 4) is 0 Å². The number of aliphatic carboxylic acids is 1. The van der Waals surface area contributed by atoms with E-state index >= 15 is 0 Å². The highest BCUT2D eigenvalue weighted by Gasteiger charge is 2.28. The number of primary amides is 1. The molecule has 178 valence electrons. The molecule has 0 rings (SSSR count). The minimum Gasteiger partial charge on any atom is -0.480 e. The molecule has 0 aromatic carbocycles. The van der Waals surface area contributed by atoms with Crippen LogP contribution in [0.1, 0.15) is 52.4 Å². The van der Waals surface area contributed by atoms with Crippen molar-refractivity contribution in [2.75, 3.05) is 13.1 Å². The van der Waals surface area contributed by atoms with E-state index in [0.717, 1.165) is 0 Å². The van der Waals surface area contributed by atoms with E-state index in [-0.39, 0.29) is 31.6 Å². The lowest BCUT2D eigenvalue weighted by molar-refractivity contribution is -0.138. The van der Waals surface area contributed by atoms with Gasteiger partial charge in [-0.05, 0) is 44.6 Å². The number of nitrogens with two attached hydrogens (primary N) is 3. The lowest BCUT2D eigenvalue weighted by atomic mass is 10.0. The Hall–Kier alpha value is -2.73. The number of hydrogen-bond donors (Lipinski definition) is 7. The van der Waals surface area contributed by atoms with Crippen LogP contribution in [0, 0.1) is 5.92 Å². The molecule has 10 N–H and O–H groups in total. The van der Waals surface area contributed by atoms with Gasteiger partial charge in [-0.15, -0.1) is 0 Å². The fourth-order valence-electron chi connectivity index (χ4n) is 2.73. The van der Waals surface area contributed by atoms with Crippen LogP contribution >= 0.6 is 0 Å². The van der Waals surface area contributed by atoms with E-state index < -0.39 is 54.3 Å². The first-order chi connectivity index (χ1) is 14.5. The number of carboxylic acid groups (broad SMARTS) is 1. The predicted molar refractivity (Wildman–Crippen MR) is 113 cm³/mol. The normalized spacial score (nSPS) is 13.7. The third-order valence-corrected chi connectivity index (χ3v) is 4.37. The Labute approximate surface area is 182 Å². The van der Waals surface area contributed by atoms with E-state index in [9.17, 15) is 24.0 Å². The van der Waals surface area contributed by atoms with Crippen molar-refractivity contribution in [1.29, 1.82) is 0 Å². The highest BCUT2D eigenvalue weighted by atomic mass is 16.4. The standard InChI is InChI=1S/C19H36N6O6/c1-11(2)9-14(25-17(29)12(21)6-7-15(22)26)19(31)24-13(5-3-4-8-20)18(30)23-10-16(27)28/h11-14H,3-10,20-21H2,1-2H3,(H2,22,26)(H,23,30)(H,24,31)(H,25,29)(H,27,28). The van der Waals surface area contributed by atoms with Crippen molar-refractivity contribution in [2.24, 2.45) is 23.1 Å². The van der Waals surface area contributed by atoms with Crippen LogP contribution in [-0.2, 0) is 24.0 Å². The van der Waals surface area contributed by atoms with Crippen LogP contribution in [0.4, 0.5) is 0 Å². The second-order valence-electron chi connectivity index (χ2n) is 7.76. The van der Waals surface area contributed by atoms with E-state index in [4.69, 9.17) is 22.3 Å². The molecule has 0 aliphatic heterocycles. The molecule has 0 fully saturated rings. The first kappa shape index (κ1) is 28.3. The summed E-state index contributed by atoms with van der Waals surface area (Å²) in [6.07, 6.45) is 1.68. The Morgan fingerprint density at radius 3 is 2.03 bits per heavy atom. The minimum atomic E-state index is -1.21. The largest absolute Gasteiger partial charge is 0.480 e. The van der Waals surface area contributed by atoms with Crippen LogP contribution in [0.5, 0.6) is 0 Å². The number of carboxylic acids is 1. The molecule has 12 nitrogen and oxygen atoms in total. The number of rotatable bonds is 16. The second kappa shape index (κ2) is 15.1. The lowest BCUT2D eigenvalue weighted by Crippen LogP contribution is -2.56. The van der Waals surface area contributed by atoms with Gasteiger partial charge in [-0.3, -0.25) is 24.0 Å². The fourth-order valence-corrected chi connectivity index (χ4v) is 2.73. The van der Waals surface area contributed by atoms with Crippen LogP contribution in [0.25, 0.3) is 0 Å². The van der Waals surface area contributed by atoms with Gasteiger partial charge in [0.15, 0.2) is 0 Å². The van der Waals surface area contributed by atoms with Gasteiger partial charge in [-0.1, -0.05) is 13.8 Å². The van der Waals surface area contributed by atoms with Crippen molar-refractivity contribution in [2.45, 2.75) is 70.5 Å². The topological polar surface area (TPSA) is 220 Å². The van der Waals surface area contributed by atoms with E-state index in [0.29, 0.717) is 19.4 Å². The molecule has 3 atom stereocenters. The molecule has 3 unspecified atom stereocenters. The molecule has 4 amide bonds. The van der Waals surface area contributed by atoms with Crippen molar-refractivity contribution < 1.29 is 29.1 Å². The zero-order valence-electron chi connectivity index (χ0n) is 18.2. The molecule has 0 aromatic heterocycles. The molecule has 0 aromatic rings. The Bertz CT molecular complexity index is 627. The highest BCUT2D eigenvalue weighted by Crippen LogP contribution is 2.08. The third-order valence-electron chi connectivity index (χ3n) is 4.37. The van der Waals surface area contributed by atoms with E-state index in [1.54, 1.807) is 0 Å². The van der Waals surface area contributed by atoms with Gasteiger partial charge in [0.1, 0.15) is 18.6 Å². The minimum absolute atomic E-state index is 0.0365. The lowest BCUT2D eigenvalue weighted by Gasteiger charge is -2.25. The third kappa shape index (κ3) is 13.2. The number of unbranched alkanes of at least 4 members (excludes halogenated alkanes) is 1. The molecule has 0 aliphatic carbocycles. The van der Waals surface area contributed by atoms with Gasteiger partial charge < -0.3 is 38.3 Å². The number of carbonyl (C=O) groups is 5. The van der Waals surface area contributed by atoms with Gasteiger partial charge in [-0.2, -0.15) is 0 Å². The number of amides is 4. The summed E-state index contributed by atoms with van der Waals surface area (Å²) in [7, 11) is 0. The first-order valence-corrected chi connectivity index (χ1v) is 10.3. The summed E-state index contributed by atoms with van der Waals surface area (Å²) in [5.41, 5.74) is 16.3. The highest BCUT2D eigenvalue weighted by molar-refractivity contribution is 5.93. The fraction of sp³-hybridized carbons (Fsp3) is 0.737. The van der Waals surface area contributed by atoms with Gasteiger partial charge in [0, 0.05) is 6.42 Å².